The average molecular weight is 266 g/mol. The first kappa shape index (κ1) is 12.9. The molecule has 0 spiro atoms. The Kier molecular flexibility index (Phi) is 3.06. The molecular formula is C15H13BNO3. The van der Waals surface area contributed by atoms with Gasteiger partial charge in [-0.25, -0.2) is 0 Å². The normalized spacial score (nSPS) is 13.3. The lowest BCUT2D eigenvalue weighted by Crippen LogP contribution is -2.21. The molecule has 0 bridgehead atoms. The van der Waals surface area contributed by atoms with Gasteiger partial charge in [-0.1, -0.05) is 35.2 Å². The number of fused-ring (bicyclic) bond motifs is 3. The summed E-state index contributed by atoms with van der Waals surface area (Å²) in [5.41, 5.74) is 4.86. The Labute approximate surface area is 117 Å². The predicted molar refractivity (Wildman–Crippen MR) is 79.0 cm³/mol. The Bertz CT molecular complexity index is 700. The fourth-order valence-electron chi connectivity index (χ4n) is 2.62. The van der Waals surface area contributed by atoms with Crippen LogP contribution in [-0.2, 0) is 4.74 Å². The van der Waals surface area contributed by atoms with Gasteiger partial charge in [0.05, 0.1) is 16.6 Å². The van der Waals surface area contributed by atoms with E-state index in [4.69, 9.17) is 4.74 Å². The molecule has 4 nitrogen and oxygen atoms in total. The highest BCUT2D eigenvalue weighted by Crippen LogP contribution is 2.31. The number of nitro benzene ring substituents is 1. The maximum absolute atomic E-state index is 11.3. The van der Waals surface area contributed by atoms with Crippen molar-refractivity contribution in [2.45, 2.75) is 13.0 Å². The molecule has 2 aromatic rings. The lowest BCUT2D eigenvalue weighted by Gasteiger charge is -2.13. The lowest BCUT2D eigenvalue weighted by atomic mass is 9.68. The van der Waals surface area contributed by atoms with Crippen LogP contribution in [0.1, 0.15) is 18.6 Å². The fourth-order valence-corrected chi connectivity index (χ4v) is 2.62. The first-order valence-corrected chi connectivity index (χ1v) is 6.41. The summed E-state index contributed by atoms with van der Waals surface area (Å²) in [5.74, 6) is 0. The van der Waals surface area contributed by atoms with Crippen LogP contribution in [0, 0.1) is 10.1 Å². The van der Waals surface area contributed by atoms with Gasteiger partial charge in [-0.05, 0) is 24.1 Å². The van der Waals surface area contributed by atoms with Crippen LogP contribution in [0.4, 0.5) is 5.69 Å². The summed E-state index contributed by atoms with van der Waals surface area (Å²) < 4.78 is 5.26. The summed E-state index contributed by atoms with van der Waals surface area (Å²) in [4.78, 5) is 10.9. The van der Waals surface area contributed by atoms with Crippen LogP contribution >= 0.6 is 0 Å². The van der Waals surface area contributed by atoms with Crippen molar-refractivity contribution >= 4 is 23.9 Å². The van der Waals surface area contributed by atoms with Gasteiger partial charge in [-0.3, -0.25) is 10.1 Å². The molecule has 0 N–H and O–H groups in total. The van der Waals surface area contributed by atoms with Gasteiger partial charge in [0.2, 0.25) is 0 Å². The number of benzene rings is 2. The summed E-state index contributed by atoms with van der Waals surface area (Å²) >= 11 is 0. The van der Waals surface area contributed by atoms with E-state index in [9.17, 15) is 10.1 Å². The zero-order chi connectivity index (χ0) is 14.3. The van der Waals surface area contributed by atoms with Gasteiger partial charge in [0.15, 0.2) is 7.28 Å². The Morgan fingerprint density at radius 2 is 1.95 bits per heavy atom. The molecule has 0 fully saturated rings. The molecule has 3 rings (SSSR count). The third-order valence-electron chi connectivity index (χ3n) is 3.75. The Balaban J connectivity index is 2.21. The van der Waals surface area contributed by atoms with Crippen LogP contribution in [0.15, 0.2) is 36.4 Å². The molecule has 2 aromatic carbocycles. The fraction of sp³-hybridized carbons (Fsp3) is 0.200. The van der Waals surface area contributed by atoms with E-state index in [1.54, 1.807) is 13.2 Å². The van der Waals surface area contributed by atoms with Gasteiger partial charge < -0.3 is 4.74 Å². The van der Waals surface area contributed by atoms with Crippen molar-refractivity contribution < 1.29 is 9.66 Å². The molecule has 5 heteroatoms. The second kappa shape index (κ2) is 4.76. The second-order valence-corrected chi connectivity index (χ2v) is 4.86. The molecule has 0 aliphatic carbocycles. The number of nitrogens with zero attached hydrogens (tertiary/aromatic N) is 1. The van der Waals surface area contributed by atoms with Crippen molar-refractivity contribution in [1.82, 2.24) is 0 Å². The first-order valence-electron chi connectivity index (χ1n) is 6.41. The number of rotatable bonds is 3. The molecule has 1 atom stereocenters. The van der Waals surface area contributed by atoms with Gasteiger partial charge in [0, 0.05) is 13.2 Å². The standard InChI is InChI=1S/C15H13BNO3/c1-9(20-2)11-7-12-10-5-3-4-6-13(10)16-14(12)8-15(11)17(18)19/h3-9H,1-2H3. The van der Waals surface area contributed by atoms with E-state index in [0.29, 0.717) is 5.56 Å². The molecule has 1 unspecified atom stereocenters. The van der Waals surface area contributed by atoms with E-state index >= 15 is 0 Å². The minimum absolute atomic E-state index is 0.113. The topological polar surface area (TPSA) is 52.4 Å². The van der Waals surface area contributed by atoms with E-state index in [-0.39, 0.29) is 16.7 Å². The zero-order valence-corrected chi connectivity index (χ0v) is 11.3. The summed E-state index contributed by atoms with van der Waals surface area (Å²) in [6.45, 7) is 1.82. The van der Waals surface area contributed by atoms with E-state index in [2.05, 4.69) is 0 Å². The van der Waals surface area contributed by atoms with Gasteiger partial charge in [0.25, 0.3) is 5.69 Å². The Morgan fingerprint density at radius 3 is 2.65 bits per heavy atom. The molecule has 1 radical (unpaired) electrons. The molecular weight excluding hydrogens is 253 g/mol. The SMILES string of the molecule is COC(C)c1cc2c(cc1[N+](=O)[O-])[B]c1ccccc1-2. The smallest absolute Gasteiger partial charge is 0.274 e. The van der Waals surface area contributed by atoms with Gasteiger partial charge in [-0.2, -0.15) is 0 Å². The molecule has 1 aliphatic heterocycles. The number of methoxy groups -OCH3 is 1. The molecule has 0 amide bonds. The Hall–Kier alpha value is -2.14. The Morgan fingerprint density at radius 1 is 1.20 bits per heavy atom. The third-order valence-corrected chi connectivity index (χ3v) is 3.75. The maximum Gasteiger partial charge on any atom is 0.274 e. The predicted octanol–water partition coefficient (Wildman–Crippen LogP) is 1.94. The molecule has 0 saturated carbocycles. The minimum atomic E-state index is -0.345. The van der Waals surface area contributed by atoms with Crippen molar-refractivity contribution in [3.05, 3.63) is 52.1 Å². The highest BCUT2D eigenvalue weighted by molar-refractivity contribution is 6.73. The molecule has 20 heavy (non-hydrogen) atoms. The summed E-state index contributed by atoms with van der Waals surface area (Å²) in [7, 11) is 3.54. The molecule has 1 aliphatic rings. The van der Waals surface area contributed by atoms with Crippen molar-refractivity contribution in [2.24, 2.45) is 0 Å². The number of ether oxygens (including phenoxy) is 1. The first-order chi connectivity index (χ1) is 9.61. The van der Waals surface area contributed by atoms with Crippen LogP contribution in [0.3, 0.4) is 0 Å². The summed E-state index contributed by atoms with van der Waals surface area (Å²) in [6.07, 6.45) is -0.312. The minimum Gasteiger partial charge on any atom is -0.377 e. The van der Waals surface area contributed by atoms with Gasteiger partial charge in [0.1, 0.15) is 0 Å². The molecule has 99 valence electrons. The van der Waals surface area contributed by atoms with Crippen LogP contribution < -0.4 is 10.9 Å². The summed E-state index contributed by atoms with van der Waals surface area (Å²) in [6, 6.07) is 11.5. The third kappa shape index (κ3) is 1.91. The summed E-state index contributed by atoms with van der Waals surface area (Å²) in [5, 5.41) is 11.3. The largest absolute Gasteiger partial charge is 0.377 e. The van der Waals surface area contributed by atoms with Gasteiger partial charge >= 0.3 is 0 Å². The average Bonchev–Trinajstić information content (AvgIpc) is 2.82. The number of hydrogen-bond acceptors (Lipinski definition) is 3. The zero-order valence-electron chi connectivity index (χ0n) is 11.3. The molecule has 0 saturated heterocycles. The quantitative estimate of drug-likeness (QED) is 0.413. The van der Waals surface area contributed by atoms with Crippen LogP contribution in [0.5, 0.6) is 0 Å². The highest BCUT2D eigenvalue weighted by Gasteiger charge is 2.27. The maximum atomic E-state index is 11.3. The van der Waals surface area contributed by atoms with E-state index in [1.165, 1.54) is 0 Å². The van der Waals surface area contributed by atoms with E-state index in [1.807, 2.05) is 44.5 Å². The van der Waals surface area contributed by atoms with E-state index < -0.39 is 0 Å². The lowest BCUT2D eigenvalue weighted by molar-refractivity contribution is -0.386. The van der Waals surface area contributed by atoms with Crippen LogP contribution in [0.2, 0.25) is 0 Å². The molecule has 0 aromatic heterocycles. The number of hydrogen-bond donors (Lipinski definition) is 0. The van der Waals surface area contributed by atoms with Crippen molar-refractivity contribution in [3.8, 4) is 11.1 Å². The second-order valence-electron chi connectivity index (χ2n) is 4.86. The highest BCUT2D eigenvalue weighted by atomic mass is 16.6. The van der Waals surface area contributed by atoms with Gasteiger partial charge in [-0.15, -0.1) is 0 Å². The van der Waals surface area contributed by atoms with Crippen molar-refractivity contribution in [3.63, 3.8) is 0 Å². The van der Waals surface area contributed by atoms with Crippen molar-refractivity contribution in [1.29, 1.82) is 0 Å². The van der Waals surface area contributed by atoms with Crippen LogP contribution in [-0.4, -0.2) is 19.3 Å². The van der Waals surface area contributed by atoms with Crippen LogP contribution in [0.25, 0.3) is 11.1 Å². The van der Waals surface area contributed by atoms with E-state index in [0.717, 1.165) is 22.1 Å². The van der Waals surface area contributed by atoms with Crippen molar-refractivity contribution in [2.75, 3.05) is 7.11 Å². The molecule has 1 heterocycles. The number of nitro groups is 1. The monoisotopic (exact) mass is 266 g/mol.